The van der Waals surface area contributed by atoms with Gasteiger partial charge >= 0.3 is 0 Å². The van der Waals surface area contributed by atoms with Gasteiger partial charge in [-0.1, -0.05) is 42.5 Å². The molecule has 4 fully saturated rings. The first-order valence-electron chi connectivity index (χ1n) is 13.5. The van der Waals surface area contributed by atoms with Crippen molar-refractivity contribution in [2.24, 2.45) is 17.8 Å². The molecule has 3 heteroatoms. The van der Waals surface area contributed by atoms with Crippen LogP contribution < -0.4 is 10.2 Å². The molecule has 3 aromatic carbocycles. The number of carbonyl (C=O) groups excluding carboxylic acids is 1. The van der Waals surface area contributed by atoms with Gasteiger partial charge in [0.15, 0.2) is 0 Å². The smallest absolute Gasteiger partial charge is 0.255 e. The van der Waals surface area contributed by atoms with Crippen LogP contribution in [0.25, 0.3) is 0 Å². The zero-order valence-electron chi connectivity index (χ0n) is 20.4. The van der Waals surface area contributed by atoms with Crippen molar-refractivity contribution in [1.82, 2.24) is 0 Å². The topological polar surface area (TPSA) is 32.3 Å². The number of nitrogens with zero attached hydrogens (tertiary/aromatic N) is 1. The summed E-state index contributed by atoms with van der Waals surface area (Å²) in [6.07, 6.45) is 9.64. The highest BCUT2D eigenvalue weighted by molar-refractivity contribution is 6.04. The average molecular weight is 463 g/mol. The summed E-state index contributed by atoms with van der Waals surface area (Å²) in [5, 5.41) is 3.12. The Balaban J connectivity index is 1.00. The number of hydrogen-bond donors (Lipinski definition) is 1. The van der Waals surface area contributed by atoms with Gasteiger partial charge in [-0.25, -0.2) is 0 Å². The van der Waals surface area contributed by atoms with E-state index in [-0.39, 0.29) is 5.91 Å². The lowest BCUT2D eigenvalue weighted by molar-refractivity contribution is -0.00518. The lowest BCUT2D eigenvalue weighted by Crippen LogP contribution is -2.48. The van der Waals surface area contributed by atoms with Gasteiger partial charge in [-0.05, 0) is 115 Å². The van der Waals surface area contributed by atoms with Crippen LogP contribution in [0.5, 0.6) is 0 Å². The summed E-state index contributed by atoms with van der Waals surface area (Å²) in [7, 11) is 0. The van der Waals surface area contributed by atoms with Gasteiger partial charge in [0, 0.05) is 30.0 Å². The predicted molar refractivity (Wildman–Crippen MR) is 142 cm³/mol. The van der Waals surface area contributed by atoms with E-state index < -0.39 is 0 Å². The number of amides is 1. The molecule has 4 bridgehead atoms. The molecule has 0 atom stereocenters. The molecule has 35 heavy (non-hydrogen) atoms. The summed E-state index contributed by atoms with van der Waals surface area (Å²) in [4.78, 5) is 15.3. The second-order valence-corrected chi connectivity index (χ2v) is 11.7. The standard InChI is InChI=1S/C32H34N2O/c35-31(27-7-5-22(6-8-27)21-34-14-13-26-3-1-2-4-30(26)34)33-29-11-9-28(10-12-29)32-18-23-15-24(19-32)17-25(16-23)20-32/h1-12,23-25H,13-21H2,(H,33,35). The number of benzene rings is 3. The Hall–Kier alpha value is -3.07. The molecule has 8 rings (SSSR count). The SMILES string of the molecule is O=C(Nc1ccc(C23CC4CC(CC(C4)C2)C3)cc1)c1ccc(CN2CCc3ccccc32)cc1. The summed E-state index contributed by atoms with van der Waals surface area (Å²) in [6, 6.07) is 25.6. The zero-order valence-corrected chi connectivity index (χ0v) is 20.4. The van der Waals surface area contributed by atoms with Crippen molar-refractivity contribution in [3.63, 3.8) is 0 Å². The molecular weight excluding hydrogens is 428 g/mol. The monoisotopic (exact) mass is 462 g/mol. The fourth-order valence-corrected chi connectivity index (χ4v) is 8.13. The van der Waals surface area contributed by atoms with Crippen LogP contribution in [0.1, 0.15) is 65.6 Å². The highest BCUT2D eigenvalue weighted by atomic mass is 16.1. The van der Waals surface area contributed by atoms with E-state index in [1.165, 1.54) is 60.9 Å². The Bertz CT molecular complexity index is 1210. The summed E-state index contributed by atoms with van der Waals surface area (Å²) >= 11 is 0. The molecule has 3 aromatic rings. The van der Waals surface area contributed by atoms with Gasteiger partial charge in [0.05, 0.1) is 0 Å². The van der Waals surface area contributed by atoms with Crippen molar-refractivity contribution in [2.45, 2.75) is 56.9 Å². The first-order chi connectivity index (χ1) is 17.1. The molecule has 0 aromatic heterocycles. The minimum atomic E-state index is -0.0365. The number of carbonyl (C=O) groups is 1. The molecule has 178 valence electrons. The molecule has 4 saturated carbocycles. The van der Waals surface area contributed by atoms with Crippen LogP contribution in [0.15, 0.2) is 72.8 Å². The van der Waals surface area contributed by atoms with E-state index in [4.69, 9.17) is 0 Å². The summed E-state index contributed by atoms with van der Waals surface area (Å²) in [6.45, 7) is 1.94. The van der Waals surface area contributed by atoms with Crippen LogP contribution in [-0.2, 0) is 18.4 Å². The summed E-state index contributed by atoms with van der Waals surface area (Å²) < 4.78 is 0. The fourth-order valence-electron chi connectivity index (χ4n) is 8.13. The number of para-hydroxylation sites is 1. The normalized spacial score (nSPS) is 28.2. The van der Waals surface area contributed by atoms with Crippen LogP contribution in [0.4, 0.5) is 11.4 Å². The zero-order chi connectivity index (χ0) is 23.4. The highest BCUT2D eigenvalue weighted by Crippen LogP contribution is 2.60. The minimum absolute atomic E-state index is 0.0365. The van der Waals surface area contributed by atoms with Gasteiger partial charge in [-0.15, -0.1) is 0 Å². The molecule has 5 aliphatic rings. The third-order valence-electron chi connectivity index (χ3n) is 9.37. The number of anilines is 2. The first-order valence-corrected chi connectivity index (χ1v) is 13.5. The van der Waals surface area contributed by atoms with E-state index in [2.05, 4.69) is 70.9 Å². The molecule has 3 nitrogen and oxygen atoms in total. The summed E-state index contributed by atoms with van der Waals surface area (Å²) in [5.74, 6) is 2.81. The number of hydrogen-bond acceptors (Lipinski definition) is 2. The molecule has 1 heterocycles. The molecule has 1 N–H and O–H groups in total. The Morgan fingerprint density at radius 3 is 2.17 bits per heavy atom. The average Bonchev–Trinajstić information content (AvgIpc) is 3.27. The van der Waals surface area contributed by atoms with E-state index in [0.29, 0.717) is 11.0 Å². The lowest BCUT2D eigenvalue weighted by atomic mass is 9.48. The van der Waals surface area contributed by atoms with Crippen LogP contribution in [0, 0.1) is 17.8 Å². The van der Waals surface area contributed by atoms with Crippen LogP contribution in [0.2, 0.25) is 0 Å². The number of rotatable bonds is 5. The number of fused-ring (bicyclic) bond motifs is 1. The van der Waals surface area contributed by atoms with Gasteiger partial charge in [0.1, 0.15) is 0 Å². The molecule has 1 aliphatic heterocycles. The van der Waals surface area contributed by atoms with Crippen LogP contribution >= 0.6 is 0 Å². The van der Waals surface area contributed by atoms with Crippen molar-refractivity contribution < 1.29 is 4.79 Å². The molecule has 0 spiro atoms. The first kappa shape index (κ1) is 21.2. The second-order valence-electron chi connectivity index (χ2n) is 11.7. The molecule has 0 radical (unpaired) electrons. The van der Waals surface area contributed by atoms with E-state index >= 15 is 0 Å². The largest absolute Gasteiger partial charge is 0.367 e. The van der Waals surface area contributed by atoms with Gasteiger partial charge in [0.2, 0.25) is 0 Å². The van der Waals surface area contributed by atoms with Crippen molar-refractivity contribution in [2.75, 3.05) is 16.8 Å². The van der Waals surface area contributed by atoms with Gasteiger partial charge in [0.25, 0.3) is 5.91 Å². The minimum Gasteiger partial charge on any atom is -0.367 e. The van der Waals surface area contributed by atoms with Crippen molar-refractivity contribution in [3.8, 4) is 0 Å². The van der Waals surface area contributed by atoms with Crippen LogP contribution in [-0.4, -0.2) is 12.5 Å². The molecule has 0 unspecified atom stereocenters. The van der Waals surface area contributed by atoms with Gasteiger partial charge < -0.3 is 10.2 Å². The third-order valence-corrected chi connectivity index (χ3v) is 9.37. The third kappa shape index (κ3) is 3.86. The lowest BCUT2D eigenvalue weighted by Gasteiger charge is -2.57. The number of nitrogens with one attached hydrogen (secondary N) is 1. The van der Waals surface area contributed by atoms with Crippen molar-refractivity contribution in [3.05, 3.63) is 95.1 Å². The quantitative estimate of drug-likeness (QED) is 0.444. The Labute approximate surface area is 208 Å². The van der Waals surface area contributed by atoms with E-state index in [9.17, 15) is 4.79 Å². The van der Waals surface area contributed by atoms with Crippen LogP contribution in [0.3, 0.4) is 0 Å². The van der Waals surface area contributed by atoms with E-state index in [1.54, 1.807) is 0 Å². The second kappa shape index (κ2) is 8.26. The maximum atomic E-state index is 12.9. The van der Waals surface area contributed by atoms with E-state index in [1.807, 2.05) is 12.1 Å². The maximum absolute atomic E-state index is 12.9. The Morgan fingerprint density at radius 2 is 1.49 bits per heavy atom. The summed E-state index contributed by atoms with van der Waals surface area (Å²) in [5.41, 5.74) is 7.51. The molecule has 4 aliphatic carbocycles. The molecule has 0 saturated heterocycles. The van der Waals surface area contributed by atoms with Gasteiger partial charge in [-0.2, -0.15) is 0 Å². The fraction of sp³-hybridized carbons (Fsp3) is 0.406. The molecule has 1 amide bonds. The Morgan fingerprint density at radius 1 is 0.829 bits per heavy atom. The van der Waals surface area contributed by atoms with Gasteiger partial charge in [-0.3, -0.25) is 4.79 Å². The Kier molecular flexibility index (Phi) is 5.01. The van der Waals surface area contributed by atoms with E-state index in [0.717, 1.165) is 43.0 Å². The highest BCUT2D eigenvalue weighted by Gasteiger charge is 2.51. The molecular formula is C32H34N2O. The maximum Gasteiger partial charge on any atom is 0.255 e. The van der Waals surface area contributed by atoms with Crippen molar-refractivity contribution >= 4 is 17.3 Å². The predicted octanol–water partition coefficient (Wildman–Crippen LogP) is 6.97. The van der Waals surface area contributed by atoms with Crippen molar-refractivity contribution in [1.29, 1.82) is 0 Å².